The zero-order chi connectivity index (χ0) is 77.2. The van der Waals surface area contributed by atoms with E-state index < -0.39 is 23.9 Å². The molecule has 0 saturated carbocycles. The summed E-state index contributed by atoms with van der Waals surface area (Å²) in [7, 11) is 0. The summed E-state index contributed by atoms with van der Waals surface area (Å²) in [6.45, 7) is 17.3. The van der Waals surface area contributed by atoms with Gasteiger partial charge < -0.3 is 51.1 Å². The van der Waals surface area contributed by atoms with Crippen LogP contribution < -0.4 is 31.9 Å². The topological polar surface area (TPSA) is 213 Å². The zero-order valence-corrected chi connectivity index (χ0v) is 64.9. The van der Waals surface area contributed by atoms with E-state index >= 15 is 0 Å². The van der Waals surface area contributed by atoms with Gasteiger partial charge in [-0.15, -0.1) is 0 Å². The van der Waals surface area contributed by atoms with E-state index in [4.69, 9.17) is 11.5 Å². The maximum Gasteiger partial charge on any atom is 3.00 e. The van der Waals surface area contributed by atoms with Gasteiger partial charge in [0, 0.05) is 35.3 Å². The van der Waals surface area contributed by atoms with Crippen LogP contribution in [0.2, 0.25) is 0 Å². The summed E-state index contributed by atoms with van der Waals surface area (Å²) in [6, 6.07) is 105. The van der Waals surface area contributed by atoms with Gasteiger partial charge in [0.05, 0.1) is 23.9 Å². The minimum Gasteiger partial charge on any atom is -0.545 e. The van der Waals surface area contributed by atoms with Crippen molar-refractivity contribution in [3.63, 3.8) is 0 Å². The van der Waals surface area contributed by atoms with Crippen molar-refractivity contribution in [2.75, 3.05) is 0 Å². The molecule has 0 fully saturated rings. The maximum atomic E-state index is 11.8. The monoisotopic (exact) mass is 1530 g/mol. The molecule has 12 heteroatoms. The molecule has 10 nitrogen and oxygen atoms in total. The first-order chi connectivity index (χ1) is 52.1. The van der Waals surface area contributed by atoms with E-state index in [1.54, 1.807) is 0 Å². The average molecular weight is 1530 g/mol. The number of aromatic carboxylic acids is 4. The first-order valence-electron chi connectivity index (χ1n) is 35.5. The third-order valence-electron chi connectivity index (χ3n) is 18.1. The molecule has 14 aromatic carbocycles. The summed E-state index contributed by atoms with van der Waals surface area (Å²) in [5, 5.41) is 47.2. The number of carboxylic acids is 4. The van der Waals surface area contributed by atoms with E-state index in [0.29, 0.717) is 57.6 Å². The molecule has 0 unspecified atom stereocenters. The summed E-state index contributed by atoms with van der Waals surface area (Å²) in [6.07, 6.45) is 0. The van der Waals surface area contributed by atoms with Gasteiger partial charge in [-0.1, -0.05) is 372 Å². The largest absolute Gasteiger partial charge is 3.00 e. The van der Waals surface area contributed by atoms with Gasteiger partial charge in [-0.2, -0.15) is 0 Å². The normalized spacial score (nSPS) is 10.1. The molecule has 0 aliphatic carbocycles. The molecule has 14 aromatic rings. The van der Waals surface area contributed by atoms with Crippen molar-refractivity contribution >= 4 is 23.9 Å². The number of aryl methyl sites for hydroxylation is 8. The Balaban J connectivity index is 0.000000189. The molecule has 0 aliphatic rings. The Morgan fingerprint density at radius 1 is 0.200 bits per heavy atom. The smallest absolute Gasteiger partial charge is 0.545 e. The SMILES string of the molecule is Cc1ccc(-c2cccc(-c3ccc(C)cc3)c2C(=O)[O-])cc1.Cc1ccc(-c2cccc(-c3ccc(C)cc3)c2C(=O)[O-])cc1.Cc1ccc(-c2cccc(-c3ccc(C)cc3)c2C(=O)[O-])cc1.Cc1ccc(-c2cccc(-c3ccc(C)cc3)c2C(=O)[O-])cc1.NCc1ccccc1.NCc1ccccc1.[Fe+3].[Fe+3]. The number of rotatable bonds is 14. The molecular weight excluding hydrogens is 1440 g/mol. The predicted molar refractivity (Wildman–Crippen MR) is 433 cm³/mol. The number of carboxylic acid groups (broad SMARTS) is 4. The van der Waals surface area contributed by atoms with E-state index in [-0.39, 0.29) is 56.4 Å². The van der Waals surface area contributed by atoms with Gasteiger partial charge in [0.1, 0.15) is 0 Å². The Morgan fingerprint density at radius 2 is 0.327 bits per heavy atom. The molecule has 0 saturated heterocycles. The van der Waals surface area contributed by atoms with Crippen molar-refractivity contribution in [2.24, 2.45) is 11.5 Å². The van der Waals surface area contributed by atoms with E-state index in [1.165, 1.54) is 11.1 Å². The summed E-state index contributed by atoms with van der Waals surface area (Å²) >= 11 is 0. The third kappa shape index (κ3) is 23.5. The molecule has 550 valence electrons. The fourth-order valence-corrected chi connectivity index (χ4v) is 12.1. The van der Waals surface area contributed by atoms with Crippen molar-refractivity contribution in [1.82, 2.24) is 0 Å². The van der Waals surface area contributed by atoms with Crippen LogP contribution in [-0.2, 0) is 47.2 Å². The molecule has 2 radical (unpaired) electrons. The zero-order valence-electron chi connectivity index (χ0n) is 62.7. The predicted octanol–water partition coefficient (Wildman–Crippen LogP) is 18.3. The van der Waals surface area contributed by atoms with Gasteiger partial charge in [0.25, 0.3) is 0 Å². The van der Waals surface area contributed by atoms with Crippen LogP contribution in [0.25, 0.3) is 89.0 Å². The molecule has 0 heterocycles. The number of carbonyl (C=O) groups is 4. The van der Waals surface area contributed by atoms with E-state index in [1.807, 2.05) is 383 Å². The van der Waals surface area contributed by atoms with Gasteiger partial charge in [-0.25, -0.2) is 0 Å². The number of hydrogen-bond donors (Lipinski definition) is 2. The molecule has 110 heavy (non-hydrogen) atoms. The first-order valence-corrected chi connectivity index (χ1v) is 35.5. The molecule has 0 atom stereocenters. The van der Waals surface area contributed by atoms with Crippen LogP contribution in [0.3, 0.4) is 0 Å². The molecule has 0 aliphatic heterocycles. The van der Waals surface area contributed by atoms with Gasteiger partial charge in [0.15, 0.2) is 0 Å². The molecule has 14 rings (SSSR count). The maximum absolute atomic E-state index is 11.8. The summed E-state index contributed by atoms with van der Waals surface area (Å²) in [4.78, 5) is 47.2. The third-order valence-corrected chi connectivity index (χ3v) is 18.1. The van der Waals surface area contributed by atoms with Crippen LogP contribution in [0.15, 0.2) is 328 Å². The molecular formula is C98H86Fe2N2O8+2. The second kappa shape index (κ2) is 41.9. The molecule has 0 aromatic heterocycles. The minimum absolute atomic E-state index is 0. The van der Waals surface area contributed by atoms with Crippen LogP contribution >= 0.6 is 0 Å². The molecule has 4 N–H and O–H groups in total. The molecule has 0 amide bonds. The number of benzene rings is 14. The minimum atomic E-state index is -1.16. The van der Waals surface area contributed by atoms with Gasteiger partial charge >= 0.3 is 34.1 Å². The number of nitrogens with two attached hydrogens (primary N) is 2. The fourth-order valence-electron chi connectivity index (χ4n) is 12.1. The van der Waals surface area contributed by atoms with Crippen LogP contribution in [-0.4, -0.2) is 23.9 Å². The standard InChI is InChI=1S/4C21H18O2.2C7H9N.2Fe/c4*1-14-6-10-16(11-7-14)18-4-3-5-19(20(18)21(22)23)17-12-8-15(2)9-13-17;2*8-6-7-4-2-1-3-5-7;;/h4*3-13H,1-2H3,(H,22,23);2*1-5H,6,8H2;;/q;;;;;;2*+3/p-4. The Labute approximate surface area is 667 Å². The average Bonchev–Trinajstić information content (AvgIpc) is 0.809. The number of carbonyl (C=O) groups excluding carboxylic acids is 4. The Bertz CT molecular complexity index is 4420. The van der Waals surface area contributed by atoms with Crippen LogP contribution in [0, 0.1) is 55.4 Å². The van der Waals surface area contributed by atoms with Gasteiger partial charge in [-0.3, -0.25) is 0 Å². The van der Waals surface area contributed by atoms with Crippen molar-refractivity contribution in [2.45, 2.75) is 68.5 Å². The molecule has 0 spiro atoms. The summed E-state index contributed by atoms with van der Waals surface area (Å²) in [5.41, 5.74) is 35.6. The molecule has 0 bridgehead atoms. The Hall–Kier alpha value is -12.1. The van der Waals surface area contributed by atoms with E-state index in [0.717, 1.165) is 89.0 Å². The summed E-state index contributed by atoms with van der Waals surface area (Å²) in [5.74, 6) is -4.62. The summed E-state index contributed by atoms with van der Waals surface area (Å²) < 4.78 is 0. The number of hydrogen-bond acceptors (Lipinski definition) is 10. The van der Waals surface area contributed by atoms with E-state index in [2.05, 4.69) is 0 Å². The Kier molecular flexibility index (Phi) is 32.4. The van der Waals surface area contributed by atoms with Crippen LogP contribution in [0.4, 0.5) is 0 Å². The van der Waals surface area contributed by atoms with E-state index in [9.17, 15) is 39.6 Å². The van der Waals surface area contributed by atoms with Crippen molar-refractivity contribution < 1.29 is 73.7 Å². The quantitative estimate of drug-likeness (QED) is 0.0983. The Morgan fingerprint density at radius 3 is 0.427 bits per heavy atom. The fraction of sp³-hybridized carbons (Fsp3) is 0.102. The first kappa shape index (κ1) is 85.2. The van der Waals surface area contributed by atoms with Gasteiger partial charge in [-0.05, 0) is 156 Å². The van der Waals surface area contributed by atoms with Crippen molar-refractivity contribution in [3.8, 4) is 89.0 Å². The van der Waals surface area contributed by atoms with Crippen molar-refractivity contribution in [1.29, 1.82) is 0 Å². The van der Waals surface area contributed by atoms with Crippen molar-refractivity contribution in [3.05, 3.63) is 405 Å². The second-order valence-electron chi connectivity index (χ2n) is 26.4. The van der Waals surface area contributed by atoms with Crippen LogP contribution in [0.1, 0.15) is 97.1 Å². The van der Waals surface area contributed by atoms with Gasteiger partial charge in [0.2, 0.25) is 0 Å². The second-order valence-corrected chi connectivity index (χ2v) is 26.4. The van der Waals surface area contributed by atoms with Crippen LogP contribution in [0.5, 0.6) is 0 Å².